The second-order valence-corrected chi connectivity index (χ2v) is 10.1. The second-order valence-electron chi connectivity index (χ2n) is 10.1. The van der Waals surface area contributed by atoms with Crippen LogP contribution in [0.25, 0.3) is 0 Å². The Balaban J connectivity index is 1.18. The molecule has 1 aromatic rings. The lowest BCUT2D eigenvalue weighted by atomic mass is 9.84. The first-order chi connectivity index (χ1) is 15.4. The van der Waals surface area contributed by atoms with Crippen LogP contribution in [0.1, 0.15) is 57.2 Å². The van der Waals surface area contributed by atoms with Crippen LogP contribution in [-0.2, 0) is 30.2 Å². The van der Waals surface area contributed by atoms with Crippen LogP contribution in [0.3, 0.4) is 0 Å². The summed E-state index contributed by atoms with van der Waals surface area (Å²) in [4.78, 5) is 24.1. The lowest BCUT2D eigenvalue weighted by Crippen LogP contribution is -2.47. The number of amidine groups is 1. The van der Waals surface area contributed by atoms with Crippen molar-refractivity contribution in [2.45, 2.75) is 68.9 Å². The molecule has 2 unspecified atom stereocenters. The number of likely N-dealkylation sites (tertiary alicyclic amines) is 1. The zero-order chi connectivity index (χ0) is 22.1. The third-order valence-corrected chi connectivity index (χ3v) is 7.74. The molecule has 0 N–H and O–H groups in total. The van der Waals surface area contributed by atoms with Crippen LogP contribution in [-0.4, -0.2) is 53.7 Å². The average molecular weight is 436 g/mol. The Morgan fingerprint density at radius 1 is 1.19 bits per heavy atom. The molecule has 2 aliphatic carbocycles. The summed E-state index contributed by atoms with van der Waals surface area (Å²) in [5.74, 6) is -0.168. The number of ether oxygens (including phenoxy) is 3. The zero-order valence-electron chi connectivity index (χ0n) is 18.9. The first-order valence-electron chi connectivity index (χ1n) is 11.5. The number of aromatic nitrogens is 1. The van der Waals surface area contributed by atoms with Crippen LogP contribution in [0.4, 0.5) is 0 Å². The van der Waals surface area contributed by atoms with Crippen molar-refractivity contribution in [1.82, 2.24) is 9.88 Å². The lowest BCUT2D eigenvalue weighted by molar-refractivity contribution is -0.148. The topological polar surface area (TPSA) is 73.2 Å². The molecular formula is C25H29N3O4. The molecule has 2 atom stereocenters. The molecule has 4 heterocycles. The standard InChI is InChI=1S/C25H29N3O4/c1-23(2)20-18(7-5-11-26-20)24(32-23)9-12-28(13-10-24)22-27-21(29)25(31-22)14-16-6-4-8-19(30-3)17(16)15-25/h4-7,11,19H,8-10,12-15H2,1-3H3. The van der Waals surface area contributed by atoms with Crippen LogP contribution in [0.15, 0.2) is 46.6 Å². The van der Waals surface area contributed by atoms with Gasteiger partial charge < -0.3 is 19.1 Å². The Bertz CT molecular complexity index is 1080. The Labute approximate surface area is 188 Å². The Kier molecular flexibility index (Phi) is 4.24. The van der Waals surface area contributed by atoms with E-state index in [0.29, 0.717) is 18.9 Å². The van der Waals surface area contributed by atoms with E-state index in [1.54, 1.807) is 7.11 Å². The highest BCUT2D eigenvalue weighted by atomic mass is 16.5. The van der Waals surface area contributed by atoms with Gasteiger partial charge in [-0.15, -0.1) is 0 Å². The van der Waals surface area contributed by atoms with E-state index in [4.69, 9.17) is 14.2 Å². The number of aliphatic imine (C=N–C) groups is 1. The molecule has 0 saturated carbocycles. The second kappa shape index (κ2) is 6.75. The van der Waals surface area contributed by atoms with Gasteiger partial charge in [0.15, 0.2) is 0 Å². The molecule has 32 heavy (non-hydrogen) atoms. The van der Waals surface area contributed by atoms with Crippen LogP contribution >= 0.6 is 0 Å². The third kappa shape index (κ3) is 2.77. The highest BCUT2D eigenvalue weighted by molar-refractivity contribution is 6.02. The van der Waals surface area contributed by atoms with Gasteiger partial charge in [0.2, 0.25) is 5.60 Å². The van der Waals surface area contributed by atoms with Crippen molar-refractivity contribution < 1.29 is 19.0 Å². The molecule has 5 aliphatic rings. The number of carbonyl (C=O) groups is 1. The van der Waals surface area contributed by atoms with Crippen molar-refractivity contribution in [1.29, 1.82) is 0 Å². The molecule has 6 rings (SSSR count). The van der Waals surface area contributed by atoms with Crippen molar-refractivity contribution in [3.8, 4) is 0 Å². The minimum Gasteiger partial charge on any atom is -0.447 e. The van der Waals surface area contributed by atoms with Crippen LogP contribution in [0.2, 0.25) is 0 Å². The number of methoxy groups -OCH3 is 1. The van der Waals surface area contributed by atoms with Gasteiger partial charge in [0.05, 0.1) is 17.4 Å². The number of piperidine rings is 1. The quantitative estimate of drug-likeness (QED) is 0.674. The molecule has 0 aromatic carbocycles. The van der Waals surface area contributed by atoms with Gasteiger partial charge >= 0.3 is 0 Å². The number of rotatable bonds is 1. The van der Waals surface area contributed by atoms with Gasteiger partial charge in [-0.2, -0.15) is 4.99 Å². The Morgan fingerprint density at radius 2 is 2.00 bits per heavy atom. The summed E-state index contributed by atoms with van der Waals surface area (Å²) in [5, 5.41) is 0. The normalized spacial score (nSPS) is 31.8. The number of amides is 1. The molecule has 3 aliphatic heterocycles. The molecule has 2 spiro atoms. The van der Waals surface area contributed by atoms with Gasteiger partial charge in [-0.1, -0.05) is 18.2 Å². The van der Waals surface area contributed by atoms with E-state index in [9.17, 15) is 4.79 Å². The number of pyridine rings is 1. The number of allylic oxidation sites excluding steroid dienone is 1. The SMILES string of the molecule is COC1CC=CC2=C1CC1(C2)OC(N2CCC3(CC2)OC(C)(C)c2ncccc23)=NC1=O. The zero-order valence-corrected chi connectivity index (χ0v) is 18.9. The molecule has 0 bridgehead atoms. The van der Waals surface area contributed by atoms with E-state index in [1.165, 1.54) is 11.1 Å². The van der Waals surface area contributed by atoms with E-state index < -0.39 is 11.2 Å². The fourth-order valence-corrected chi connectivity index (χ4v) is 6.17. The molecule has 1 fully saturated rings. The van der Waals surface area contributed by atoms with Gasteiger partial charge in [0, 0.05) is 44.8 Å². The van der Waals surface area contributed by atoms with Crippen molar-refractivity contribution in [3.05, 3.63) is 52.9 Å². The molecular weight excluding hydrogens is 406 g/mol. The lowest BCUT2D eigenvalue weighted by Gasteiger charge is -2.41. The molecule has 7 nitrogen and oxygen atoms in total. The average Bonchev–Trinajstić information content (AvgIpc) is 3.39. The third-order valence-electron chi connectivity index (χ3n) is 7.74. The van der Waals surface area contributed by atoms with Crippen LogP contribution in [0, 0.1) is 0 Å². The molecule has 1 aromatic heterocycles. The van der Waals surface area contributed by atoms with E-state index in [2.05, 4.69) is 46.9 Å². The predicted octanol–water partition coefficient (Wildman–Crippen LogP) is 3.35. The van der Waals surface area contributed by atoms with Crippen molar-refractivity contribution in [2.75, 3.05) is 20.2 Å². The predicted molar refractivity (Wildman–Crippen MR) is 118 cm³/mol. The maximum atomic E-state index is 13.0. The van der Waals surface area contributed by atoms with Gasteiger partial charge in [-0.25, -0.2) is 0 Å². The summed E-state index contributed by atoms with van der Waals surface area (Å²) >= 11 is 0. The van der Waals surface area contributed by atoms with Crippen molar-refractivity contribution in [2.24, 2.45) is 4.99 Å². The summed E-state index contributed by atoms with van der Waals surface area (Å²) in [6, 6.07) is 4.59. The van der Waals surface area contributed by atoms with Crippen LogP contribution in [0.5, 0.6) is 0 Å². The summed E-state index contributed by atoms with van der Waals surface area (Å²) in [6.07, 6.45) is 9.68. The summed E-state index contributed by atoms with van der Waals surface area (Å²) in [5.41, 5.74) is 2.93. The van der Waals surface area contributed by atoms with E-state index >= 15 is 0 Å². The highest BCUT2D eigenvalue weighted by Gasteiger charge is 2.55. The Hall–Kier alpha value is -2.51. The van der Waals surface area contributed by atoms with E-state index in [1.807, 2.05) is 12.3 Å². The first kappa shape index (κ1) is 20.1. The smallest absolute Gasteiger partial charge is 0.296 e. The molecule has 7 heteroatoms. The summed E-state index contributed by atoms with van der Waals surface area (Å²) in [6.45, 7) is 5.62. The van der Waals surface area contributed by atoms with E-state index in [0.717, 1.165) is 43.6 Å². The fourth-order valence-electron chi connectivity index (χ4n) is 6.17. The van der Waals surface area contributed by atoms with Crippen molar-refractivity contribution >= 4 is 11.9 Å². The molecule has 1 saturated heterocycles. The largest absolute Gasteiger partial charge is 0.447 e. The van der Waals surface area contributed by atoms with E-state index in [-0.39, 0.29) is 17.6 Å². The van der Waals surface area contributed by atoms with Crippen LogP contribution < -0.4 is 0 Å². The van der Waals surface area contributed by atoms with Gasteiger partial charge in [-0.05, 0) is 50.3 Å². The minimum atomic E-state index is -0.900. The van der Waals surface area contributed by atoms with Gasteiger partial charge in [0.25, 0.3) is 11.9 Å². The maximum Gasteiger partial charge on any atom is 0.296 e. The minimum absolute atomic E-state index is 0.0289. The monoisotopic (exact) mass is 435 g/mol. The summed E-state index contributed by atoms with van der Waals surface area (Å²) < 4.78 is 18.6. The van der Waals surface area contributed by atoms with Gasteiger partial charge in [-0.3, -0.25) is 9.78 Å². The maximum absolute atomic E-state index is 13.0. The first-order valence-corrected chi connectivity index (χ1v) is 11.5. The van der Waals surface area contributed by atoms with Crippen molar-refractivity contribution in [3.63, 3.8) is 0 Å². The number of carbonyl (C=O) groups excluding carboxylic acids is 1. The number of fused-ring (bicyclic) bond motifs is 2. The molecule has 1 amide bonds. The Morgan fingerprint density at radius 3 is 2.78 bits per heavy atom. The number of nitrogens with zero attached hydrogens (tertiary/aromatic N) is 3. The molecule has 168 valence electrons. The fraction of sp³-hybridized carbons (Fsp3) is 0.560. The molecule has 0 radical (unpaired) electrons. The highest BCUT2D eigenvalue weighted by Crippen LogP contribution is 2.51. The number of hydrogen-bond acceptors (Lipinski definition) is 6. The van der Waals surface area contributed by atoms with Gasteiger partial charge in [0.1, 0.15) is 5.60 Å². The summed E-state index contributed by atoms with van der Waals surface area (Å²) in [7, 11) is 1.72. The number of hydrogen-bond donors (Lipinski definition) is 0.